The lowest BCUT2D eigenvalue weighted by atomic mass is 10.1. The summed E-state index contributed by atoms with van der Waals surface area (Å²) in [6.45, 7) is 1.66. The van der Waals surface area contributed by atoms with E-state index in [1.54, 1.807) is 38.3 Å². The van der Waals surface area contributed by atoms with E-state index >= 15 is 0 Å². The lowest BCUT2D eigenvalue weighted by molar-refractivity contribution is -0.119. The molecule has 7 nitrogen and oxygen atoms in total. The van der Waals surface area contributed by atoms with Crippen LogP contribution in [0.4, 0.5) is 5.69 Å². The molecule has 138 valence electrons. The van der Waals surface area contributed by atoms with Crippen molar-refractivity contribution in [3.63, 3.8) is 0 Å². The van der Waals surface area contributed by atoms with Gasteiger partial charge in [0, 0.05) is 17.1 Å². The van der Waals surface area contributed by atoms with Crippen molar-refractivity contribution in [2.45, 2.75) is 6.92 Å². The second kappa shape index (κ2) is 8.18. The Labute approximate surface area is 155 Å². The number of para-hydroxylation sites is 1. The molecule has 2 N–H and O–H groups in total. The minimum atomic E-state index is -0.501. The molecule has 0 saturated heterocycles. The highest BCUT2D eigenvalue weighted by molar-refractivity contribution is 6.01. The Kier molecular flexibility index (Phi) is 5.51. The molecule has 7 heteroatoms. The van der Waals surface area contributed by atoms with E-state index in [1.807, 2.05) is 30.3 Å². The van der Waals surface area contributed by atoms with Crippen LogP contribution in [0.15, 0.2) is 68.9 Å². The summed E-state index contributed by atoms with van der Waals surface area (Å²) in [7, 11) is 1.58. The Bertz CT molecular complexity index is 1060. The maximum atomic E-state index is 12.1. The van der Waals surface area contributed by atoms with Crippen molar-refractivity contribution in [1.29, 1.82) is 0 Å². The van der Waals surface area contributed by atoms with E-state index in [2.05, 4.69) is 15.8 Å². The zero-order valence-corrected chi connectivity index (χ0v) is 15.0. The summed E-state index contributed by atoms with van der Waals surface area (Å²) in [5.41, 5.74) is 3.85. The molecule has 0 aliphatic rings. The third-order valence-electron chi connectivity index (χ3n) is 3.90. The first kappa shape index (κ1) is 18.2. The zero-order valence-electron chi connectivity index (χ0n) is 15.0. The normalized spacial score (nSPS) is 11.3. The molecule has 1 amide bonds. The van der Waals surface area contributed by atoms with Crippen molar-refractivity contribution in [2.24, 2.45) is 5.10 Å². The average molecular weight is 365 g/mol. The number of rotatable bonds is 6. The van der Waals surface area contributed by atoms with Crippen molar-refractivity contribution < 1.29 is 13.9 Å². The fraction of sp³-hybridized carbons (Fsp3) is 0.150. The second-order valence-electron chi connectivity index (χ2n) is 5.80. The third kappa shape index (κ3) is 4.52. The molecule has 0 aliphatic heterocycles. The van der Waals surface area contributed by atoms with Gasteiger partial charge >= 0.3 is 5.63 Å². The van der Waals surface area contributed by atoms with Crippen LogP contribution in [0.25, 0.3) is 11.0 Å². The number of carbonyl (C=O) groups excluding carboxylic acids is 1. The summed E-state index contributed by atoms with van der Waals surface area (Å²) < 4.78 is 10.4. The van der Waals surface area contributed by atoms with E-state index in [1.165, 1.54) is 0 Å². The summed E-state index contributed by atoms with van der Waals surface area (Å²) in [5, 5.41) is 7.76. The number of amides is 1. The van der Waals surface area contributed by atoms with Crippen LogP contribution in [0.5, 0.6) is 5.75 Å². The Balaban J connectivity index is 1.65. The van der Waals surface area contributed by atoms with Crippen LogP contribution in [0, 0.1) is 0 Å². The smallest absolute Gasteiger partial charge is 0.345 e. The summed E-state index contributed by atoms with van der Waals surface area (Å²) in [6.07, 6.45) is 0. The first-order valence-electron chi connectivity index (χ1n) is 8.31. The first-order valence-corrected chi connectivity index (χ1v) is 8.31. The number of anilines is 1. The van der Waals surface area contributed by atoms with Crippen LogP contribution in [0.3, 0.4) is 0 Å². The molecule has 1 heterocycles. The molecule has 0 radical (unpaired) electrons. The number of hydrazone groups is 1. The molecule has 3 aromatic rings. The van der Waals surface area contributed by atoms with Crippen LogP contribution in [0.1, 0.15) is 12.5 Å². The van der Waals surface area contributed by atoms with Gasteiger partial charge in [-0.3, -0.25) is 4.79 Å². The third-order valence-corrected chi connectivity index (χ3v) is 3.90. The quantitative estimate of drug-likeness (QED) is 0.398. The predicted molar refractivity (Wildman–Crippen MR) is 104 cm³/mol. The molecular formula is C20H19N3O4. The van der Waals surface area contributed by atoms with Gasteiger partial charge in [-0.2, -0.15) is 5.10 Å². The van der Waals surface area contributed by atoms with Crippen molar-refractivity contribution in [2.75, 3.05) is 19.0 Å². The minimum absolute atomic E-state index is 0.0241. The summed E-state index contributed by atoms with van der Waals surface area (Å²) in [5.74, 6) is 0.347. The van der Waals surface area contributed by atoms with Crippen molar-refractivity contribution in [3.05, 3.63) is 70.6 Å². The molecule has 0 spiro atoms. The van der Waals surface area contributed by atoms with E-state index < -0.39 is 5.63 Å². The van der Waals surface area contributed by atoms with Gasteiger partial charge in [-0.15, -0.1) is 0 Å². The monoisotopic (exact) mass is 365 g/mol. The predicted octanol–water partition coefficient (Wildman–Crippen LogP) is 2.75. The lowest BCUT2D eigenvalue weighted by Crippen LogP contribution is -2.27. The molecule has 3 rings (SSSR count). The molecule has 0 atom stereocenters. The Hall–Kier alpha value is -3.61. The van der Waals surface area contributed by atoms with Gasteiger partial charge in [0.15, 0.2) is 0 Å². The summed E-state index contributed by atoms with van der Waals surface area (Å²) in [4.78, 5) is 24.1. The van der Waals surface area contributed by atoms with Gasteiger partial charge in [0.25, 0.3) is 5.91 Å². The van der Waals surface area contributed by atoms with Gasteiger partial charge in [0.1, 0.15) is 11.3 Å². The second-order valence-corrected chi connectivity index (χ2v) is 5.80. The van der Waals surface area contributed by atoms with Crippen LogP contribution in [0.2, 0.25) is 0 Å². The molecule has 0 aliphatic carbocycles. The van der Waals surface area contributed by atoms with Crippen LogP contribution in [-0.2, 0) is 4.79 Å². The SMILES string of the molecule is COc1cccc(NCC(=O)N/N=C(/C)c2cc3ccccc3oc2=O)c1. The van der Waals surface area contributed by atoms with Crippen LogP contribution >= 0.6 is 0 Å². The van der Waals surface area contributed by atoms with Gasteiger partial charge in [-0.25, -0.2) is 10.2 Å². The van der Waals surface area contributed by atoms with Crippen molar-refractivity contribution >= 4 is 28.3 Å². The van der Waals surface area contributed by atoms with E-state index in [-0.39, 0.29) is 12.5 Å². The molecular weight excluding hydrogens is 346 g/mol. The van der Waals surface area contributed by atoms with Crippen LogP contribution < -0.4 is 21.1 Å². The number of ether oxygens (including phenoxy) is 1. The maximum absolute atomic E-state index is 12.1. The lowest BCUT2D eigenvalue weighted by Gasteiger charge is -2.07. The molecule has 2 aromatic carbocycles. The molecule has 0 unspecified atom stereocenters. The minimum Gasteiger partial charge on any atom is -0.497 e. The van der Waals surface area contributed by atoms with Crippen molar-refractivity contribution in [3.8, 4) is 5.75 Å². The van der Waals surface area contributed by atoms with Gasteiger partial charge in [0.05, 0.1) is 24.9 Å². The Morgan fingerprint density at radius 1 is 1.15 bits per heavy atom. The highest BCUT2D eigenvalue weighted by atomic mass is 16.5. The number of benzene rings is 2. The van der Waals surface area contributed by atoms with Gasteiger partial charge in [-0.1, -0.05) is 24.3 Å². The number of nitrogens with zero attached hydrogens (tertiary/aromatic N) is 1. The molecule has 1 aromatic heterocycles. The molecule has 0 bridgehead atoms. The number of methoxy groups -OCH3 is 1. The van der Waals surface area contributed by atoms with Gasteiger partial charge in [-0.05, 0) is 31.2 Å². The summed E-state index contributed by atoms with van der Waals surface area (Å²) in [6, 6.07) is 16.1. The maximum Gasteiger partial charge on any atom is 0.345 e. The topological polar surface area (TPSA) is 92.9 Å². The average Bonchev–Trinajstić information content (AvgIpc) is 2.70. The Morgan fingerprint density at radius 2 is 1.96 bits per heavy atom. The highest BCUT2D eigenvalue weighted by Crippen LogP contribution is 2.16. The van der Waals surface area contributed by atoms with Gasteiger partial charge < -0.3 is 14.5 Å². The number of fused-ring (bicyclic) bond motifs is 1. The standard InChI is InChI=1S/C20H19N3O4/c1-13(17-10-14-6-3-4-9-18(14)27-20(17)25)22-23-19(24)12-21-15-7-5-8-16(11-15)26-2/h3-11,21H,12H2,1-2H3,(H,23,24)/b22-13-. The van der Waals surface area contributed by atoms with E-state index in [4.69, 9.17) is 9.15 Å². The largest absolute Gasteiger partial charge is 0.497 e. The molecule has 27 heavy (non-hydrogen) atoms. The van der Waals surface area contributed by atoms with E-state index in [9.17, 15) is 9.59 Å². The number of hydrogen-bond acceptors (Lipinski definition) is 6. The molecule has 0 saturated carbocycles. The van der Waals surface area contributed by atoms with Crippen molar-refractivity contribution in [1.82, 2.24) is 5.43 Å². The molecule has 0 fully saturated rings. The fourth-order valence-electron chi connectivity index (χ4n) is 2.48. The van der Waals surface area contributed by atoms with Gasteiger partial charge in [0.2, 0.25) is 0 Å². The Morgan fingerprint density at radius 3 is 2.78 bits per heavy atom. The highest BCUT2D eigenvalue weighted by Gasteiger charge is 2.09. The number of hydrogen-bond donors (Lipinski definition) is 2. The van der Waals surface area contributed by atoms with Crippen LogP contribution in [-0.4, -0.2) is 25.3 Å². The van der Waals surface area contributed by atoms with E-state index in [0.717, 1.165) is 11.1 Å². The summed E-state index contributed by atoms with van der Waals surface area (Å²) >= 11 is 0. The zero-order chi connectivity index (χ0) is 19.2. The van der Waals surface area contributed by atoms with E-state index in [0.29, 0.717) is 22.6 Å². The first-order chi connectivity index (χ1) is 13.1. The number of carbonyl (C=O) groups is 1. The number of nitrogens with one attached hydrogen (secondary N) is 2. The fourth-order valence-corrected chi connectivity index (χ4v) is 2.48.